The highest BCUT2D eigenvalue weighted by molar-refractivity contribution is 6.03. The lowest BCUT2D eigenvalue weighted by Gasteiger charge is -2.31. The maximum atomic E-state index is 13.3. The molecule has 2 atom stereocenters. The summed E-state index contributed by atoms with van der Waals surface area (Å²) in [6.07, 6.45) is 8.45. The van der Waals surface area contributed by atoms with Crippen LogP contribution in [0.1, 0.15) is 42.6 Å². The maximum absolute atomic E-state index is 13.3. The molecular formula is C21H28N8O. The SMILES string of the molecule is CCN(C=N)C(=N)C1=CC=CC(N2Cc3c(cc(N4CCC[C@H]4C)nc3N)C2=O)N1. The molecule has 1 amide bonds. The summed E-state index contributed by atoms with van der Waals surface area (Å²) in [4.78, 5) is 23.3. The van der Waals surface area contributed by atoms with Crippen molar-refractivity contribution < 1.29 is 4.79 Å². The van der Waals surface area contributed by atoms with Crippen LogP contribution >= 0.6 is 0 Å². The molecule has 1 fully saturated rings. The summed E-state index contributed by atoms with van der Waals surface area (Å²) in [5.74, 6) is 1.27. The molecule has 158 valence electrons. The summed E-state index contributed by atoms with van der Waals surface area (Å²) in [6.45, 7) is 5.86. The number of fused-ring (bicyclic) bond motifs is 1. The molecule has 0 aliphatic carbocycles. The predicted molar refractivity (Wildman–Crippen MR) is 118 cm³/mol. The number of carbonyl (C=O) groups excluding carboxylic acids is 1. The summed E-state index contributed by atoms with van der Waals surface area (Å²) >= 11 is 0. The van der Waals surface area contributed by atoms with E-state index in [1.165, 1.54) is 4.90 Å². The Hall–Kier alpha value is -3.36. The van der Waals surface area contributed by atoms with Gasteiger partial charge in [-0.15, -0.1) is 0 Å². The molecule has 3 aliphatic heterocycles. The zero-order valence-corrected chi connectivity index (χ0v) is 17.4. The van der Waals surface area contributed by atoms with Crippen molar-refractivity contribution in [1.29, 1.82) is 10.8 Å². The van der Waals surface area contributed by atoms with Crippen LogP contribution in [0.4, 0.5) is 11.6 Å². The van der Waals surface area contributed by atoms with Crippen molar-refractivity contribution in [3.8, 4) is 0 Å². The number of amides is 1. The van der Waals surface area contributed by atoms with E-state index in [-0.39, 0.29) is 11.7 Å². The van der Waals surface area contributed by atoms with Crippen LogP contribution in [-0.4, -0.2) is 58.2 Å². The van der Waals surface area contributed by atoms with E-state index in [4.69, 9.17) is 16.6 Å². The molecule has 5 N–H and O–H groups in total. The second-order valence-corrected chi connectivity index (χ2v) is 7.83. The Bertz CT molecular complexity index is 953. The number of nitrogens with zero attached hydrogens (tertiary/aromatic N) is 4. The van der Waals surface area contributed by atoms with Crippen molar-refractivity contribution in [2.75, 3.05) is 23.7 Å². The lowest BCUT2D eigenvalue weighted by molar-refractivity contribution is 0.0720. The van der Waals surface area contributed by atoms with Crippen LogP contribution in [0, 0.1) is 10.8 Å². The molecule has 30 heavy (non-hydrogen) atoms. The molecule has 1 unspecified atom stereocenters. The van der Waals surface area contributed by atoms with Gasteiger partial charge in [-0.1, -0.05) is 6.08 Å². The van der Waals surface area contributed by atoms with Crippen LogP contribution in [0.5, 0.6) is 0 Å². The Balaban J connectivity index is 1.55. The van der Waals surface area contributed by atoms with Crippen LogP contribution < -0.4 is 16.0 Å². The van der Waals surface area contributed by atoms with Gasteiger partial charge in [0.1, 0.15) is 23.6 Å². The molecule has 4 heterocycles. The van der Waals surface area contributed by atoms with Gasteiger partial charge in [0.25, 0.3) is 5.91 Å². The monoisotopic (exact) mass is 408 g/mol. The van der Waals surface area contributed by atoms with Crippen molar-refractivity contribution in [2.24, 2.45) is 0 Å². The molecule has 4 rings (SSSR count). The molecule has 0 aromatic carbocycles. The fourth-order valence-corrected chi connectivity index (χ4v) is 4.29. The summed E-state index contributed by atoms with van der Waals surface area (Å²) in [5.41, 5.74) is 8.18. The largest absolute Gasteiger partial charge is 0.383 e. The van der Waals surface area contributed by atoms with Gasteiger partial charge in [-0.3, -0.25) is 15.6 Å². The molecule has 0 bridgehead atoms. The fourth-order valence-electron chi connectivity index (χ4n) is 4.29. The second-order valence-electron chi connectivity index (χ2n) is 7.83. The molecule has 0 radical (unpaired) electrons. The number of hydrogen-bond donors (Lipinski definition) is 4. The van der Waals surface area contributed by atoms with Gasteiger partial charge >= 0.3 is 0 Å². The number of rotatable bonds is 5. The maximum Gasteiger partial charge on any atom is 0.256 e. The first-order valence-corrected chi connectivity index (χ1v) is 10.3. The normalized spacial score (nSPS) is 22.6. The Morgan fingerprint density at radius 1 is 1.47 bits per heavy atom. The lowest BCUT2D eigenvalue weighted by Crippen LogP contribution is -2.48. The Morgan fingerprint density at radius 3 is 2.93 bits per heavy atom. The zero-order valence-electron chi connectivity index (χ0n) is 17.4. The van der Waals surface area contributed by atoms with E-state index in [1.54, 1.807) is 11.0 Å². The number of amidine groups is 1. The first-order valence-electron chi connectivity index (χ1n) is 10.3. The third-order valence-corrected chi connectivity index (χ3v) is 6.04. The quantitative estimate of drug-likeness (QED) is 0.435. The zero-order chi connectivity index (χ0) is 21.4. The molecular weight excluding hydrogens is 380 g/mol. The smallest absolute Gasteiger partial charge is 0.256 e. The minimum Gasteiger partial charge on any atom is -0.383 e. The van der Waals surface area contributed by atoms with Crippen LogP contribution in [0.2, 0.25) is 0 Å². The van der Waals surface area contributed by atoms with E-state index in [0.717, 1.165) is 37.1 Å². The average Bonchev–Trinajstić information content (AvgIpc) is 3.32. The lowest BCUT2D eigenvalue weighted by atomic mass is 10.1. The van der Waals surface area contributed by atoms with Gasteiger partial charge < -0.3 is 25.8 Å². The number of allylic oxidation sites excluding steroid dienone is 2. The van der Waals surface area contributed by atoms with Gasteiger partial charge in [0.15, 0.2) is 0 Å². The number of aromatic nitrogens is 1. The van der Waals surface area contributed by atoms with Gasteiger partial charge in [-0.25, -0.2) is 4.98 Å². The van der Waals surface area contributed by atoms with Crippen molar-refractivity contribution in [1.82, 2.24) is 20.1 Å². The highest BCUT2D eigenvalue weighted by Gasteiger charge is 2.36. The molecule has 9 nitrogen and oxygen atoms in total. The molecule has 1 aromatic rings. The highest BCUT2D eigenvalue weighted by atomic mass is 16.2. The van der Waals surface area contributed by atoms with Gasteiger partial charge in [-0.05, 0) is 44.9 Å². The Kier molecular flexibility index (Phi) is 5.19. The number of anilines is 2. The molecule has 1 saturated heterocycles. The van der Waals surface area contributed by atoms with E-state index in [2.05, 4.69) is 22.1 Å². The van der Waals surface area contributed by atoms with Crippen molar-refractivity contribution >= 4 is 29.7 Å². The van der Waals surface area contributed by atoms with Gasteiger partial charge in [0, 0.05) is 24.7 Å². The average molecular weight is 409 g/mol. The van der Waals surface area contributed by atoms with Crippen molar-refractivity contribution in [2.45, 2.75) is 45.4 Å². The topological polar surface area (TPSA) is 125 Å². The van der Waals surface area contributed by atoms with Gasteiger partial charge in [-0.2, -0.15) is 0 Å². The molecule has 0 saturated carbocycles. The molecule has 3 aliphatic rings. The van der Waals surface area contributed by atoms with E-state index >= 15 is 0 Å². The number of nitrogens with two attached hydrogens (primary N) is 1. The highest BCUT2D eigenvalue weighted by Crippen LogP contribution is 2.33. The van der Waals surface area contributed by atoms with E-state index in [0.29, 0.717) is 36.2 Å². The summed E-state index contributed by atoms with van der Waals surface area (Å²) in [6, 6.07) is 2.26. The van der Waals surface area contributed by atoms with Crippen LogP contribution in [0.15, 0.2) is 30.0 Å². The molecule has 1 aromatic heterocycles. The summed E-state index contributed by atoms with van der Waals surface area (Å²) < 4.78 is 0. The summed E-state index contributed by atoms with van der Waals surface area (Å²) in [5, 5.41) is 19.0. The number of likely N-dealkylation sites (N-methyl/N-ethyl adjacent to an activating group) is 1. The fraction of sp³-hybridized carbons (Fsp3) is 0.429. The van der Waals surface area contributed by atoms with E-state index in [9.17, 15) is 4.79 Å². The minimum atomic E-state index is -0.400. The number of carbonyl (C=O) groups is 1. The van der Waals surface area contributed by atoms with Crippen LogP contribution in [0.25, 0.3) is 0 Å². The molecule has 9 heteroatoms. The van der Waals surface area contributed by atoms with E-state index < -0.39 is 6.17 Å². The number of pyridine rings is 1. The van der Waals surface area contributed by atoms with Gasteiger partial charge in [0.2, 0.25) is 0 Å². The molecule has 0 spiro atoms. The first-order chi connectivity index (χ1) is 14.4. The standard InChI is InChI=1S/C21H28N8O/c1-3-27(12-22)20(24)16-7-4-8-17(25-16)29-11-15-14(21(29)30)10-18(26-19(15)23)28-9-5-6-13(28)2/h4,7-8,10,12-13,17,22,24-25H,3,5-6,9,11H2,1-2H3,(H2,23,26)/t13-,17?/m1/s1. The van der Waals surface area contributed by atoms with Crippen LogP contribution in [0.3, 0.4) is 0 Å². The van der Waals surface area contributed by atoms with Crippen molar-refractivity contribution in [3.05, 3.63) is 41.1 Å². The third kappa shape index (κ3) is 3.30. The second kappa shape index (κ2) is 7.81. The Labute approximate surface area is 176 Å². The first kappa shape index (κ1) is 19.9. The minimum absolute atomic E-state index is 0.0958. The summed E-state index contributed by atoms with van der Waals surface area (Å²) in [7, 11) is 0. The third-order valence-electron chi connectivity index (χ3n) is 6.04. The number of hydrogen-bond acceptors (Lipinski definition) is 7. The number of nitrogen functional groups attached to an aromatic ring is 1. The number of nitrogens with one attached hydrogen (secondary N) is 3. The van der Waals surface area contributed by atoms with Crippen LogP contribution in [-0.2, 0) is 6.54 Å². The van der Waals surface area contributed by atoms with Crippen molar-refractivity contribution in [3.63, 3.8) is 0 Å². The Morgan fingerprint density at radius 2 is 2.27 bits per heavy atom. The van der Waals surface area contributed by atoms with E-state index in [1.807, 2.05) is 25.1 Å². The predicted octanol–water partition coefficient (Wildman–Crippen LogP) is 1.88. The number of dihydropyridines is 1. The van der Waals surface area contributed by atoms with Gasteiger partial charge in [0.05, 0.1) is 24.1 Å².